The van der Waals surface area contributed by atoms with Crippen LogP contribution in [0.1, 0.15) is 5.69 Å². The summed E-state index contributed by atoms with van der Waals surface area (Å²) in [4.78, 5) is 4.44. The van der Waals surface area contributed by atoms with Crippen molar-refractivity contribution in [3.8, 4) is 0 Å². The van der Waals surface area contributed by atoms with Gasteiger partial charge in [-0.2, -0.15) is 9.61 Å². The highest BCUT2D eigenvalue weighted by molar-refractivity contribution is 6.76. The van der Waals surface area contributed by atoms with Crippen molar-refractivity contribution in [1.82, 2.24) is 14.6 Å². The summed E-state index contributed by atoms with van der Waals surface area (Å²) in [7, 11) is -1.02. The molecule has 0 aliphatic rings. The van der Waals surface area contributed by atoms with Gasteiger partial charge in [0, 0.05) is 26.8 Å². The van der Waals surface area contributed by atoms with Crippen LogP contribution in [0, 0.1) is 0 Å². The molecule has 98 valence electrons. The molecule has 2 heterocycles. The first-order chi connectivity index (χ1) is 8.46. The minimum Gasteiger partial charge on any atom is -0.384 e. The second-order valence-corrected chi connectivity index (χ2v) is 11.3. The maximum atomic E-state index is 5.89. The summed E-state index contributed by atoms with van der Waals surface area (Å²) in [6, 6.07) is 4.81. The zero-order chi connectivity index (χ0) is 13.2. The van der Waals surface area contributed by atoms with Gasteiger partial charge in [0.15, 0.2) is 5.65 Å². The number of rotatable bonds is 5. The van der Waals surface area contributed by atoms with E-state index >= 15 is 0 Å². The van der Waals surface area contributed by atoms with E-state index in [9.17, 15) is 0 Å². The molecule has 2 aromatic rings. The summed E-state index contributed by atoms with van der Waals surface area (Å²) in [5, 5.41) is 4.08. The normalized spacial score (nSPS) is 12.2. The van der Waals surface area contributed by atoms with Gasteiger partial charge in [-0.3, -0.25) is 0 Å². The third kappa shape index (κ3) is 3.30. The molecule has 0 saturated carbocycles. The molecule has 0 aliphatic carbocycles. The molecule has 0 amide bonds. The molecule has 5 nitrogen and oxygen atoms in total. The zero-order valence-corrected chi connectivity index (χ0v) is 12.2. The maximum absolute atomic E-state index is 5.89. The molecular formula is C12H20N4OSi. The van der Waals surface area contributed by atoms with Crippen LogP contribution >= 0.6 is 0 Å². The molecule has 2 rings (SSSR count). The maximum Gasteiger partial charge on any atom is 0.157 e. The van der Waals surface area contributed by atoms with Gasteiger partial charge in [0.05, 0.1) is 18.5 Å². The Kier molecular flexibility index (Phi) is 3.67. The topological polar surface area (TPSA) is 65.4 Å². The highest BCUT2D eigenvalue weighted by Crippen LogP contribution is 2.11. The van der Waals surface area contributed by atoms with E-state index in [0.29, 0.717) is 12.4 Å². The number of nitrogens with zero attached hydrogens (tertiary/aromatic N) is 3. The fraction of sp³-hybridized carbons (Fsp3) is 0.500. The Labute approximate surface area is 108 Å². The summed E-state index contributed by atoms with van der Waals surface area (Å²) in [5.74, 6) is 0.591. The lowest BCUT2D eigenvalue weighted by Crippen LogP contribution is -2.21. The first-order valence-corrected chi connectivity index (χ1v) is 9.83. The van der Waals surface area contributed by atoms with E-state index in [1.165, 1.54) is 0 Å². The fourth-order valence-corrected chi connectivity index (χ4v) is 2.38. The standard InChI is InChI=1S/C12H20N4OSi/c1-18(2,3)7-6-17-9-10-8-11(13)16-12(15-10)4-5-14-16/h4-5,8H,6-7,9,13H2,1-3H3. The van der Waals surface area contributed by atoms with Gasteiger partial charge in [-0.25, -0.2) is 4.98 Å². The number of nitrogens with two attached hydrogens (primary N) is 1. The van der Waals surface area contributed by atoms with Gasteiger partial charge in [-0.1, -0.05) is 19.6 Å². The predicted molar refractivity (Wildman–Crippen MR) is 75.2 cm³/mol. The molecule has 2 aromatic heterocycles. The van der Waals surface area contributed by atoms with Crippen LogP contribution in [-0.2, 0) is 11.3 Å². The van der Waals surface area contributed by atoms with Crippen molar-refractivity contribution in [2.45, 2.75) is 32.3 Å². The zero-order valence-electron chi connectivity index (χ0n) is 11.2. The molecule has 0 aromatic carbocycles. The lowest BCUT2D eigenvalue weighted by atomic mass is 10.4. The van der Waals surface area contributed by atoms with Gasteiger partial charge in [0.25, 0.3) is 0 Å². The molecule has 0 fully saturated rings. The van der Waals surface area contributed by atoms with Crippen molar-refractivity contribution in [2.75, 3.05) is 12.3 Å². The molecule has 0 spiro atoms. The molecule has 0 saturated heterocycles. The van der Waals surface area contributed by atoms with Crippen LogP contribution in [0.15, 0.2) is 18.3 Å². The van der Waals surface area contributed by atoms with Crippen molar-refractivity contribution in [2.24, 2.45) is 0 Å². The van der Waals surface area contributed by atoms with E-state index in [2.05, 4.69) is 29.7 Å². The number of aromatic nitrogens is 3. The number of ether oxygens (including phenoxy) is 1. The SMILES string of the molecule is C[Si](C)(C)CCOCc1cc(N)n2nccc2n1. The minimum absolute atomic E-state index is 0.510. The largest absolute Gasteiger partial charge is 0.384 e. The number of fused-ring (bicyclic) bond motifs is 1. The van der Waals surface area contributed by atoms with E-state index in [1.807, 2.05) is 12.1 Å². The summed E-state index contributed by atoms with van der Waals surface area (Å²) in [6.07, 6.45) is 1.69. The first-order valence-electron chi connectivity index (χ1n) is 6.13. The van der Waals surface area contributed by atoms with Crippen LogP contribution in [0.25, 0.3) is 5.65 Å². The predicted octanol–water partition coefficient (Wildman–Crippen LogP) is 2.17. The summed E-state index contributed by atoms with van der Waals surface area (Å²) < 4.78 is 7.28. The first kappa shape index (κ1) is 13.0. The van der Waals surface area contributed by atoms with Crippen LogP contribution in [-0.4, -0.2) is 29.3 Å². The van der Waals surface area contributed by atoms with Gasteiger partial charge in [0.2, 0.25) is 0 Å². The van der Waals surface area contributed by atoms with Gasteiger partial charge < -0.3 is 10.5 Å². The molecule has 0 atom stereocenters. The number of anilines is 1. The Balaban J connectivity index is 1.95. The Morgan fingerprint density at radius 1 is 1.39 bits per heavy atom. The van der Waals surface area contributed by atoms with E-state index in [4.69, 9.17) is 10.5 Å². The smallest absolute Gasteiger partial charge is 0.157 e. The minimum atomic E-state index is -1.02. The second-order valence-electron chi connectivity index (χ2n) is 5.64. The molecule has 0 aliphatic heterocycles. The van der Waals surface area contributed by atoms with E-state index in [0.717, 1.165) is 24.0 Å². The van der Waals surface area contributed by atoms with Crippen LogP contribution in [0.3, 0.4) is 0 Å². The van der Waals surface area contributed by atoms with Crippen molar-refractivity contribution >= 4 is 19.5 Å². The lowest BCUT2D eigenvalue weighted by molar-refractivity contribution is 0.130. The highest BCUT2D eigenvalue weighted by atomic mass is 28.3. The van der Waals surface area contributed by atoms with Crippen molar-refractivity contribution in [3.63, 3.8) is 0 Å². The average Bonchev–Trinajstić information content (AvgIpc) is 2.71. The molecule has 6 heteroatoms. The van der Waals surface area contributed by atoms with Gasteiger partial charge in [-0.15, -0.1) is 0 Å². The van der Waals surface area contributed by atoms with Crippen LogP contribution in [0.2, 0.25) is 25.7 Å². The number of hydrogen-bond donors (Lipinski definition) is 1. The molecule has 2 N–H and O–H groups in total. The Morgan fingerprint density at radius 3 is 2.89 bits per heavy atom. The lowest BCUT2D eigenvalue weighted by Gasteiger charge is -2.15. The quantitative estimate of drug-likeness (QED) is 0.664. The van der Waals surface area contributed by atoms with Crippen molar-refractivity contribution in [3.05, 3.63) is 24.0 Å². The third-order valence-electron chi connectivity index (χ3n) is 2.69. The van der Waals surface area contributed by atoms with Crippen molar-refractivity contribution < 1.29 is 4.74 Å². The Hall–Kier alpha value is -1.40. The number of nitrogen functional groups attached to an aromatic ring is 1. The average molecular weight is 264 g/mol. The monoisotopic (exact) mass is 264 g/mol. The Bertz CT molecular complexity index is 532. The molecule has 0 radical (unpaired) electrons. The van der Waals surface area contributed by atoms with Crippen molar-refractivity contribution in [1.29, 1.82) is 0 Å². The number of hydrogen-bond acceptors (Lipinski definition) is 4. The van der Waals surface area contributed by atoms with Crippen LogP contribution < -0.4 is 5.73 Å². The molecule has 18 heavy (non-hydrogen) atoms. The fourth-order valence-electron chi connectivity index (χ4n) is 1.62. The van der Waals surface area contributed by atoms with E-state index in [-0.39, 0.29) is 0 Å². The van der Waals surface area contributed by atoms with Gasteiger partial charge in [-0.05, 0) is 6.04 Å². The van der Waals surface area contributed by atoms with E-state index in [1.54, 1.807) is 10.7 Å². The Morgan fingerprint density at radius 2 is 2.17 bits per heavy atom. The van der Waals surface area contributed by atoms with Gasteiger partial charge in [0.1, 0.15) is 5.82 Å². The molecule has 0 bridgehead atoms. The molecular weight excluding hydrogens is 244 g/mol. The van der Waals surface area contributed by atoms with E-state index < -0.39 is 8.07 Å². The highest BCUT2D eigenvalue weighted by Gasteiger charge is 2.12. The summed E-state index contributed by atoms with van der Waals surface area (Å²) in [5.41, 5.74) is 7.51. The second kappa shape index (κ2) is 5.07. The van der Waals surface area contributed by atoms with Crippen LogP contribution in [0.5, 0.6) is 0 Å². The molecule has 0 unspecified atom stereocenters. The third-order valence-corrected chi connectivity index (χ3v) is 4.39. The summed E-state index contributed by atoms with van der Waals surface area (Å²) in [6.45, 7) is 8.32. The van der Waals surface area contributed by atoms with Gasteiger partial charge >= 0.3 is 0 Å². The van der Waals surface area contributed by atoms with Crippen LogP contribution in [0.4, 0.5) is 5.82 Å². The summed E-state index contributed by atoms with van der Waals surface area (Å²) >= 11 is 0.